The van der Waals surface area contributed by atoms with Crippen LogP contribution in [0.15, 0.2) is 10.3 Å². The van der Waals surface area contributed by atoms with E-state index < -0.39 is 0 Å². The molecule has 14 heavy (non-hydrogen) atoms. The second-order valence-corrected chi connectivity index (χ2v) is 3.42. The van der Waals surface area contributed by atoms with Crippen LogP contribution in [0.3, 0.4) is 0 Å². The van der Waals surface area contributed by atoms with Gasteiger partial charge in [-0.05, 0) is 12.8 Å². The fraction of sp³-hybridized carbons (Fsp3) is 1.00. The molecule has 0 saturated heterocycles. The molecular formula is C10H24N4. The Kier molecular flexibility index (Phi) is 11.8. The molecule has 4 nitrogen and oxygen atoms in total. The van der Waals surface area contributed by atoms with Crippen LogP contribution in [-0.2, 0) is 0 Å². The lowest BCUT2D eigenvalue weighted by Crippen LogP contribution is -2.27. The van der Waals surface area contributed by atoms with Crippen molar-refractivity contribution in [2.75, 3.05) is 13.1 Å². The van der Waals surface area contributed by atoms with Crippen molar-refractivity contribution in [3.05, 3.63) is 0 Å². The van der Waals surface area contributed by atoms with Crippen LogP contribution in [0.2, 0.25) is 0 Å². The van der Waals surface area contributed by atoms with Gasteiger partial charge >= 0.3 is 0 Å². The summed E-state index contributed by atoms with van der Waals surface area (Å²) in [4.78, 5) is 0. The topological polar surface area (TPSA) is 48.8 Å². The molecule has 0 saturated carbocycles. The molecule has 0 aliphatic carbocycles. The molecule has 0 aliphatic heterocycles. The van der Waals surface area contributed by atoms with Crippen LogP contribution in [0.25, 0.3) is 0 Å². The summed E-state index contributed by atoms with van der Waals surface area (Å²) >= 11 is 0. The first kappa shape index (κ1) is 13.4. The van der Waals surface area contributed by atoms with Crippen molar-refractivity contribution in [3.8, 4) is 0 Å². The Morgan fingerprint density at radius 3 is 2.36 bits per heavy atom. The van der Waals surface area contributed by atoms with Crippen molar-refractivity contribution in [2.24, 2.45) is 10.3 Å². The van der Waals surface area contributed by atoms with E-state index in [2.05, 4.69) is 35.1 Å². The van der Waals surface area contributed by atoms with E-state index in [1.807, 2.05) is 0 Å². The standard InChI is InChI=1S/C10H24N4/c1-3-5-7-9-11-13-14-12-10-8-6-4-2/h3-10H2,1-2H3,(H,11,14)(H,12,13). The minimum Gasteiger partial charge on any atom is -0.224 e. The van der Waals surface area contributed by atoms with Crippen LogP contribution < -0.4 is 11.0 Å². The average Bonchev–Trinajstić information content (AvgIpc) is 2.21. The van der Waals surface area contributed by atoms with Crippen LogP contribution in [0.5, 0.6) is 0 Å². The first-order chi connectivity index (χ1) is 6.91. The first-order valence-corrected chi connectivity index (χ1v) is 5.76. The third-order valence-corrected chi connectivity index (χ3v) is 1.97. The SMILES string of the molecule is CCCCCN=NNNCCCCC. The van der Waals surface area contributed by atoms with E-state index >= 15 is 0 Å². The zero-order valence-corrected chi connectivity index (χ0v) is 9.55. The van der Waals surface area contributed by atoms with Crippen LogP contribution in [0, 0.1) is 0 Å². The van der Waals surface area contributed by atoms with Gasteiger partial charge < -0.3 is 0 Å². The summed E-state index contributed by atoms with van der Waals surface area (Å²) in [6.45, 7) is 6.17. The zero-order chi connectivity index (χ0) is 10.5. The van der Waals surface area contributed by atoms with Crippen LogP contribution >= 0.6 is 0 Å². The highest BCUT2D eigenvalue weighted by molar-refractivity contribution is 4.41. The number of rotatable bonds is 10. The summed E-state index contributed by atoms with van der Waals surface area (Å²) in [5.74, 6) is 0. The molecular weight excluding hydrogens is 176 g/mol. The van der Waals surface area contributed by atoms with Crippen molar-refractivity contribution in [2.45, 2.75) is 52.4 Å². The van der Waals surface area contributed by atoms with Crippen LogP contribution in [0.1, 0.15) is 52.4 Å². The lowest BCUT2D eigenvalue weighted by Gasteiger charge is -2.00. The minimum absolute atomic E-state index is 0.831. The molecule has 0 amide bonds. The quantitative estimate of drug-likeness (QED) is 0.323. The molecule has 0 aromatic carbocycles. The molecule has 0 unspecified atom stereocenters. The van der Waals surface area contributed by atoms with E-state index in [4.69, 9.17) is 0 Å². The van der Waals surface area contributed by atoms with Gasteiger partial charge in [0, 0.05) is 6.54 Å². The second kappa shape index (κ2) is 12.4. The Morgan fingerprint density at radius 1 is 0.929 bits per heavy atom. The molecule has 0 spiro atoms. The van der Waals surface area contributed by atoms with Gasteiger partial charge in [-0.15, -0.1) is 0 Å². The normalized spacial score (nSPS) is 11.0. The fourth-order valence-electron chi connectivity index (χ4n) is 1.07. The lowest BCUT2D eigenvalue weighted by molar-refractivity contribution is 0.502. The maximum atomic E-state index is 3.98. The molecule has 84 valence electrons. The molecule has 2 N–H and O–H groups in total. The smallest absolute Gasteiger partial charge is 0.0620 e. The Hall–Kier alpha value is -0.640. The van der Waals surface area contributed by atoms with Crippen molar-refractivity contribution < 1.29 is 0 Å². The molecule has 0 heterocycles. The van der Waals surface area contributed by atoms with Gasteiger partial charge in [0.05, 0.1) is 6.54 Å². The zero-order valence-electron chi connectivity index (χ0n) is 9.55. The maximum absolute atomic E-state index is 3.98. The molecule has 0 atom stereocenters. The maximum Gasteiger partial charge on any atom is 0.0620 e. The monoisotopic (exact) mass is 200 g/mol. The highest BCUT2D eigenvalue weighted by atomic mass is 15.6. The average molecular weight is 200 g/mol. The molecule has 0 aromatic rings. The molecule has 0 bridgehead atoms. The molecule has 0 rings (SSSR count). The number of hydrogen-bond acceptors (Lipinski definition) is 3. The molecule has 0 radical (unpaired) electrons. The number of unbranched alkanes of at least 4 members (excludes halogenated alkanes) is 4. The number of hydrogen-bond donors (Lipinski definition) is 2. The summed E-state index contributed by atoms with van der Waals surface area (Å²) in [7, 11) is 0. The van der Waals surface area contributed by atoms with Gasteiger partial charge in [-0.3, -0.25) is 0 Å². The third-order valence-electron chi connectivity index (χ3n) is 1.97. The molecule has 0 aromatic heterocycles. The summed E-state index contributed by atoms with van der Waals surface area (Å²) in [5, 5.41) is 7.78. The fourth-order valence-corrected chi connectivity index (χ4v) is 1.07. The lowest BCUT2D eigenvalue weighted by atomic mass is 10.3. The summed E-state index contributed by atoms with van der Waals surface area (Å²) in [6.07, 6.45) is 7.32. The summed E-state index contributed by atoms with van der Waals surface area (Å²) in [6, 6.07) is 0. The van der Waals surface area contributed by atoms with Crippen molar-refractivity contribution >= 4 is 0 Å². The van der Waals surface area contributed by atoms with Gasteiger partial charge in [-0.2, -0.15) is 5.11 Å². The third kappa shape index (κ3) is 11.4. The predicted molar refractivity (Wildman–Crippen MR) is 59.9 cm³/mol. The minimum atomic E-state index is 0.831. The van der Waals surface area contributed by atoms with Crippen molar-refractivity contribution in [1.82, 2.24) is 11.0 Å². The van der Waals surface area contributed by atoms with E-state index in [0.717, 1.165) is 19.5 Å². The first-order valence-electron chi connectivity index (χ1n) is 5.76. The van der Waals surface area contributed by atoms with E-state index in [0.29, 0.717) is 0 Å². The van der Waals surface area contributed by atoms with Crippen LogP contribution in [0.4, 0.5) is 0 Å². The molecule has 0 fully saturated rings. The summed E-state index contributed by atoms with van der Waals surface area (Å²) in [5.41, 5.74) is 5.73. The largest absolute Gasteiger partial charge is 0.224 e. The highest BCUT2D eigenvalue weighted by Crippen LogP contribution is 1.93. The van der Waals surface area contributed by atoms with Crippen molar-refractivity contribution in [1.29, 1.82) is 0 Å². The van der Waals surface area contributed by atoms with E-state index in [1.54, 1.807) is 0 Å². The van der Waals surface area contributed by atoms with Gasteiger partial charge in [0.2, 0.25) is 0 Å². The van der Waals surface area contributed by atoms with Gasteiger partial charge in [-0.1, -0.05) is 44.8 Å². The van der Waals surface area contributed by atoms with E-state index in [9.17, 15) is 0 Å². The Bertz CT molecular complexity index is 125. The van der Waals surface area contributed by atoms with Gasteiger partial charge in [0.25, 0.3) is 0 Å². The highest BCUT2D eigenvalue weighted by Gasteiger charge is 1.84. The second-order valence-electron chi connectivity index (χ2n) is 3.42. The van der Waals surface area contributed by atoms with Gasteiger partial charge in [0.1, 0.15) is 0 Å². The van der Waals surface area contributed by atoms with E-state index in [-0.39, 0.29) is 0 Å². The van der Waals surface area contributed by atoms with E-state index in [1.165, 1.54) is 32.1 Å². The summed E-state index contributed by atoms with van der Waals surface area (Å²) < 4.78 is 0. The van der Waals surface area contributed by atoms with Gasteiger partial charge in [-0.25, -0.2) is 11.0 Å². The van der Waals surface area contributed by atoms with Crippen LogP contribution in [-0.4, -0.2) is 13.1 Å². The van der Waals surface area contributed by atoms with Gasteiger partial charge in [0.15, 0.2) is 0 Å². The number of nitrogens with zero attached hydrogens (tertiary/aromatic N) is 2. The Labute approximate surface area is 87.5 Å². The molecule has 4 heteroatoms. The Balaban J connectivity index is 2.96. The Morgan fingerprint density at radius 2 is 1.64 bits per heavy atom. The number of hydrazine groups is 1. The predicted octanol–water partition coefficient (Wildman–Crippen LogP) is 2.83. The molecule has 0 aliphatic rings. The van der Waals surface area contributed by atoms with Crippen molar-refractivity contribution in [3.63, 3.8) is 0 Å². The number of nitrogens with one attached hydrogen (secondary N) is 2.